The van der Waals surface area contributed by atoms with Gasteiger partial charge in [-0.25, -0.2) is 14.4 Å². The van der Waals surface area contributed by atoms with Crippen molar-refractivity contribution in [1.82, 2.24) is 15.3 Å². The number of nitrogens with one attached hydrogen (secondary N) is 1. The number of hydrogen-bond donors (Lipinski definition) is 1. The third-order valence-electron chi connectivity index (χ3n) is 6.59. The third kappa shape index (κ3) is 5.59. The van der Waals surface area contributed by atoms with Gasteiger partial charge in [0, 0.05) is 25.2 Å². The van der Waals surface area contributed by atoms with Crippen LogP contribution in [0.25, 0.3) is 16.8 Å². The fourth-order valence-electron chi connectivity index (χ4n) is 4.74. The Hall–Kier alpha value is -2.90. The minimum Gasteiger partial charge on any atom is -0.310 e. The van der Waals surface area contributed by atoms with Gasteiger partial charge in [0.05, 0.1) is 17.0 Å². The standard InChI is InChI=1S/C27H26FN3O2S/c28-21-6-5-19-11-18(1-4-20(19)13-21)16-30-22-7-2-17(3-8-22)12-26-29-10-9-23(31-26)14-25-24(32)15-27(33)34-25/h1,4-6,9-11,13-14,17,22,30H,2-3,7-8,12,15-16H2/b25-14-. The fraction of sp³-hybridized carbons (Fsp3) is 0.333. The molecule has 2 fully saturated rings. The average Bonchev–Trinajstić information content (AvgIpc) is 3.15. The van der Waals surface area contributed by atoms with Crippen molar-refractivity contribution < 1.29 is 14.0 Å². The molecule has 1 N–H and O–H groups in total. The number of rotatable bonds is 6. The molecule has 1 aromatic heterocycles. The van der Waals surface area contributed by atoms with Gasteiger partial charge in [0.2, 0.25) is 5.12 Å². The van der Waals surface area contributed by atoms with Gasteiger partial charge in [-0.2, -0.15) is 0 Å². The first kappa shape index (κ1) is 22.9. The summed E-state index contributed by atoms with van der Waals surface area (Å²) in [7, 11) is 0. The number of ketones is 1. The number of nitrogens with zero attached hydrogens (tertiary/aromatic N) is 2. The Bertz CT molecular complexity index is 1270. The van der Waals surface area contributed by atoms with Gasteiger partial charge in [0.15, 0.2) is 5.78 Å². The van der Waals surface area contributed by atoms with Gasteiger partial charge in [0.25, 0.3) is 0 Å². The summed E-state index contributed by atoms with van der Waals surface area (Å²) < 4.78 is 13.4. The monoisotopic (exact) mass is 475 g/mol. The van der Waals surface area contributed by atoms with E-state index < -0.39 is 0 Å². The molecule has 5 nitrogen and oxygen atoms in total. The van der Waals surface area contributed by atoms with Crippen LogP contribution < -0.4 is 5.32 Å². The summed E-state index contributed by atoms with van der Waals surface area (Å²) in [4.78, 5) is 32.8. The molecule has 2 aromatic carbocycles. The highest BCUT2D eigenvalue weighted by molar-refractivity contribution is 8.18. The molecule has 34 heavy (non-hydrogen) atoms. The molecule has 1 saturated heterocycles. The van der Waals surface area contributed by atoms with E-state index in [-0.39, 0.29) is 23.1 Å². The van der Waals surface area contributed by atoms with E-state index in [1.54, 1.807) is 24.4 Å². The number of thioether (sulfide) groups is 1. The van der Waals surface area contributed by atoms with Crippen molar-refractivity contribution in [3.8, 4) is 0 Å². The second-order valence-corrected chi connectivity index (χ2v) is 10.2. The molecular weight excluding hydrogens is 449 g/mol. The largest absolute Gasteiger partial charge is 0.310 e. The lowest BCUT2D eigenvalue weighted by Crippen LogP contribution is -2.33. The molecule has 174 valence electrons. The van der Waals surface area contributed by atoms with Crippen LogP contribution in [-0.2, 0) is 22.6 Å². The number of fused-ring (bicyclic) bond motifs is 1. The summed E-state index contributed by atoms with van der Waals surface area (Å²) in [6, 6.07) is 13.3. The summed E-state index contributed by atoms with van der Waals surface area (Å²) in [5.74, 6) is 1.00. The Morgan fingerprint density at radius 3 is 2.62 bits per heavy atom. The zero-order valence-corrected chi connectivity index (χ0v) is 19.6. The molecule has 1 aliphatic heterocycles. The second-order valence-electron chi connectivity index (χ2n) is 9.11. The van der Waals surface area contributed by atoms with E-state index in [1.165, 1.54) is 11.6 Å². The maximum absolute atomic E-state index is 13.4. The first-order valence-corrected chi connectivity index (χ1v) is 12.5. The number of hydrogen-bond acceptors (Lipinski definition) is 6. The number of carbonyl (C=O) groups is 2. The minimum atomic E-state index is -0.205. The van der Waals surface area contributed by atoms with Gasteiger partial charge in [0.1, 0.15) is 11.6 Å². The van der Waals surface area contributed by atoms with E-state index in [4.69, 9.17) is 0 Å². The van der Waals surface area contributed by atoms with E-state index in [9.17, 15) is 14.0 Å². The van der Waals surface area contributed by atoms with Gasteiger partial charge in [-0.15, -0.1) is 0 Å². The van der Waals surface area contributed by atoms with Crippen molar-refractivity contribution in [2.75, 3.05) is 0 Å². The molecule has 0 amide bonds. The Balaban J connectivity index is 1.12. The number of allylic oxidation sites excluding steroid dienone is 1. The quantitative estimate of drug-likeness (QED) is 0.389. The SMILES string of the molecule is O=C1CC(=O)/C(=C/c2ccnc(CC3CCC(NCc4ccc5cc(F)ccc5c4)CC3)n2)S1. The summed E-state index contributed by atoms with van der Waals surface area (Å²) >= 11 is 1.00. The normalized spacial score (nSPS) is 22.1. The van der Waals surface area contributed by atoms with Crippen LogP contribution in [0.5, 0.6) is 0 Å². The molecule has 1 saturated carbocycles. The Morgan fingerprint density at radius 1 is 1.03 bits per heavy atom. The van der Waals surface area contributed by atoms with Crippen LogP contribution in [-0.4, -0.2) is 26.9 Å². The van der Waals surface area contributed by atoms with Gasteiger partial charge < -0.3 is 5.32 Å². The van der Waals surface area contributed by atoms with E-state index in [1.807, 2.05) is 12.1 Å². The van der Waals surface area contributed by atoms with Crippen molar-refractivity contribution in [2.24, 2.45) is 5.92 Å². The molecular formula is C27H26FN3O2S. The van der Waals surface area contributed by atoms with Crippen molar-refractivity contribution in [3.63, 3.8) is 0 Å². The molecule has 2 heterocycles. The molecule has 3 aromatic rings. The smallest absolute Gasteiger partial charge is 0.201 e. The first-order chi connectivity index (χ1) is 16.5. The molecule has 0 unspecified atom stereocenters. The summed E-state index contributed by atoms with van der Waals surface area (Å²) in [5, 5.41) is 5.56. The molecule has 0 spiro atoms. The highest BCUT2D eigenvalue weighted by atomic mass is 32.2. The zero-order chi connectivity index (χ0) is 23.5. The van der Waals surface area contributed by atoms with Crippen LogP contribution in [0.1, 0.15) is 49.2 Å². The summed E-state index contributed by atoms with van der Waals surface area (Å²) in [6.45, 7) is 0.807. The Labute approximate surface area is 202 Å². The number of halogens is 1. The average molecular weight is 476 g/mol. The summed E-state index contributed by atoms with van der Waals surface area (Å²) in [6.07, 6.45) is 8.69. The molecule has 2 aliphatic rings. The van der Waals surface area contributed by atoms with Crippen LogP contribution in [0.15, 0.2) is 53.6 Å². The molecule has 1 aliphatic carbocycles. The van der Waals surface area contributed by atoms with Crippen LogP contribution in [0.4, 0.5) is 4.39 Å². The highest BCUT2D eigenvalue weighted by Gasteiger charge is 2.26. The maximum atomic E-state index is 13.4. The van der Waals surface area contributed by atoms with Crippen LogP contribution in [0.2, 0.25) is 0 Å². The van der Waals surface area contributed by atoms with E-state index in [0.29, 0.717) is 22.6 Å². The number of Topliss-reactive ketones (excluding diaryl/α,β-unsaturated/α-hetero) is 1. The fourth-order valence-corrected chi connectivity index (χ4v) is 5.55. The van der Waals surface area contributed by atoms with E-state index in [0.717, 1.165) is 67.0 Å². The Kier molecular flexibility index (Phi) is 6.83. The lowest BCUT2D eigenvalue weighted by Gasteiger charge is -2.29. The number of benzene rings is 2. The topological polar surface area (TPSA) is 72.0 Å². The van der Waals surface area contributed by atoms with Crippen LogP contribution >= 0.6 is 11.8 Å². The Morgan fingerprint density at radius 2 is 1.82 bits per heavy atom. The predicted molar refractivity (Wildman–Crippen MR) is 132 cm³/mol. The van der Waals surface area contributed by atoms with E-state index >= 15 is 0 Å². The second kappa shape index (κ2) is 10.2. The maximum Gasteiger partial charge on any atom is 0.201 e. The van der Waals surface area contributed by atoms with E-state index in [2.05, 4.69) is 27.4 Å². The molecule has 0 atom stereocenters. The van der Waals surface area contributed by atoms with Crippen molar-refractivity contribution in [2.45, 2.75) is 51.1 Å². The van der Waals surface area contributed by atoms with Gasteiger partial charge in [-0.3, -0.25) is 9.59 Å². The molecule has 0 radical (unpaired) electrons. The lowest BCUT2D eigenvalue weighted by molar-refractivity contribution is -0.119. The minimum absolute atomic E-state index is 0.0213. The molecule has 5 rings (SSSR count). The van der Waals surface area contributed by atoms with Crippen molar-refractivity contribution in [3.05, 3.63) is 76.5 Å². The van der Waals surface area contributed by atoms with Gasteiger partial charge >= 0.3 is 0 Å². The zero-order valence-electron chi connectivity index (χ0n) is 18.8. The molecule has 0 bridgehead atoms. The van der Waals surface area contributed by atoms with Crippen LogP contribution in [0.3, 0.4) is 0 Å². The molecule has 7 heteroatoms. The number of carbonyl (C=O) groups excluding carboxylic acids is 2. The van der Waals surface area contributed by atoms with Crippen molar-refractivity contribution in [1.29, 1.82) is 0 Å². The third-order valence-corrected chi connectivity index (χ3v) is 7.53. The lowest BCUT2D eigenvalue weighted by atomic mass is 9.84. The first-order valence-electron chi connectivity index (χ1n) is 11.7. The van der Waals surface area contributed by atoms with Crippen LogP contribution in [0, 0.1) is 11.7 Å². The van der Waals surface area contributed by atoms with Gasteiger partial charge in [-0.1, -0.05) is 18.2 Å². The van der Waals surface area contributed by atoms with Gasteiger partial charge in [-0.05, 0) is 90.0 Å². The van der Waals surface area contributed by atoms with Crippen molar-refractivity contribution >= 4 is 39.5 Å². The highest BCUT2D eigenvalue weighted by Crippen LogP contribution is 2.31. The number of aromatic nitrogens is 2. The predicted octanol–water partition coefficient (Wildman–Crippen LogP) is 5.23. The summed E-state index contributed by atoms with van der Waals surface area (Å²) in [5.41, 5.74) is 1.89.